The van der Waals surface area contributed by atoms with Gasteiger partial charge in [0.2, 0.25) is 5.91 Å². The number of rotatable bonds is 4. The number of piperidine rings is 1. The molecule has 0 aromatic rings. The van der Waals surface area contributed by atoms with Crippen LogP contribution in [0.1, 0.15) is 89.9 Å². The molecule has 1 amide bonds. The van der Waals surface area contributed by atoms with Gasteiger partial charge in [0.15, 0.2) is 0 Å². The van der Waals surface area contributed by atoms with Crippen molar-refractivity contribution < 1.29 is 14.3 Å². The first-order valence-corrected chi connectivity index (χ1v) is 14.4. The normalized spacial score (nSPS) is 52.6. The number of amides is 1. The van der Waals surface area contributed by atoms with Crippen LogP contribution in [0, 0.1) is 45.3 Å². The van der Waals surface area contributed by atoms with Crippen LogP contribution in [0.5, 0.6) is 0 Å². The van der Waals surface area contributed by atoms with Gasteiger partial charge in [-0.25, -0.2) is 0 Å². The van der Waals surface area contributed by atoms with Crippen molar-refractivity contribution in [3.63, 3.8) is 0 Å². The van der Waals surface area contributed by atoms with E-state index in [0.717, 1.165) is 58.0 Å². The number of ether oxygens (including phenoxy) is 1. The summed E-state index contributed by atoms with van der Waals surface area (Å²) in [6.45, 7) is 2.04. The van der Waals surface area contributed by atoms with Crippen LogP contribution in [0.15, 0.2) is 0 Å². The lowest BCUT2D eigenvalue weighted by molar-refractivity contribution is -0.241. The van der Waals surface area contributed by atoms with E-state index in [9.17, 15) is 9.59 Å². The minimum atomic E-state index is -0.232. The highest BCUT2D eigenvalue weighted by atomic mass is 16.5. The maximum Gasteiger partial charge on any atom is 0.311 e. The zero-order valence-corrected chi connectivity index (χ0v) is 21.4. The molecule has 0 spiro atoms. The second-order valence-electron chi connectivity index (χ2n) is 14.5. The van der Waals surface area contributed by atoms with Gasteiger partial charge in [-0.1, -0.05) is 0 Å². The predicted molar refractivity (Wildman–Crippen MR) is 130 cm³/mol. The summed E-state index contributed by atoms with van der Waals surface area (Å²) in [5.74, 6) is 3.35. The molecule has 9 fully saturated rings. The highest BCUT2D eigenvalue weighted by Crippen LogP contribution is 2.78. The average Bonchev–Trinajstić information content (AvgIpc) is 2.81. The highest BCUT2D eigenvalue weighted by Gasteiger charge is 2.72. The number of nitrogens with one attached hydrogen (secondary N) is 1. The maximum absolute atomic E-state index is 14.3. The number of esters is 1. The van der Waals surface area contributed by atoms with Gasteiger partial charge in [0.05, 0.1) is 17.9 Å². The number of hydrogen-bond acceptors (Lipinski definition) is 4. The van der Waals surface area contributed by atoms with Crippen molar-refractivity contribution >= 4 is 11.9 Å². The quantitative estimate of drug-likeness (QED) is 0.616. The Morgan fingerprint density at radius 1 is 0.824 bits per heavy atom. The summed E-state index contributed by atoms with van der Waals surface area (Å²) >= 11 is 0. The fourth-order valence-electron chi connectivity index (χ4n) is 12.2. The fraction of sp³-hybridized carbons (Fsp3) is 0.931. The minimum absolute atomic E-state index is 0.0750. The first-order valence-electron chi connectivity index (χ1n) is 14.4. The highest BCUT2D eigenvalue weighted by molar-refractivity contribution is 5.83. The SMILES string of the molecule is COC(=O)C12CC3CC(C1)CC(C14CC5CC(CC(C(=O)N(C)C6CCCNC6)(C5)C1)C4)(C3)C2. The largest absolute Gasteiger partial charge is 0.469 e. The van der Waals surface area contributed by atoms with Crippen molar-refractivity contribution in [3.8, 4) is 0 Å². The van der Waals surface area contributed by atoms with Crippen molar-refractivity contribution in [3.05, 3.63) is 0 Å². The molecule has 0 aromatic carbocycles. The Morgan fingerprint density at radius 3 is 1.85 bits per heavy atom. The molecule has 9 rings (SSSR count). The van der Waals surface area contributed by atoms with E-state index in [1.54, 1.807) is 7.11 Å². The molecule has 0 aromatic heterocycles. The molecule has 8 aliphatic carbocycles. The number of likely N-dealkylation sites (N-methyl/N-ethyl adjacent to an activating group) is 1. The van der Waals surface area contributed by atoms with Crippen LogP contribution in [0.2, 0.25) is 0 Å². The van der Waals surface area contributed by atoms with Crippen LogP contribution in [0.25, 0.3) is 0 Å². The number of carbonyl (C=O) groups is 2. The minimum Gasteiger partial charge on any atom is -0.469 e. The van der Waals surface area contributed by atoms with Gasteiger partial charge in [-0.3, -0.25) is 9.59 Å². The summed E-state index contributed by atoms with van der Waals surface area (Å²) in [6.07, 6.45) is 16.8. The Hall–Kier alpha value is -1.10. The summed E-state index contributed by atoms with van der Waals surface area (Å²) in [6, 6.07) is 0.354. The van der Waals surface area contributed by atoms with Crippen molar-refractivity contribution in [1.82, 2.24) is 10.2 Å². The van der Waals surface area contributed by atoms with Crippen LogP contribution < -0.4 is 5.32 Å². The van der Waals surface area contributed by atoms with Gasteiger partial charge in [0.25, 0.3) is 0 Å². The van der Waals surface area contributed by atoms with E-state index in [4.69, 9.17) is 4.74 Å². The maximum atomic E-state index is 14.3. The lowest BCUT2D eigenvalue weighted by Gasteiger charge is -2.73. The standard InChI is InChI=1S/C29H44N2O3/c1-31(23-4-3-5-30-16-23)24(32)26-8-19-6-20(9-26)13-28(12-19,17-26)29-14-21-7-22(15-29)11-27(10-21,18-29)25(33)34-2/h19-23,30H,3-18H2,1-2H3. The lowest BCUT2D eigenvalue weighted by Crippen LogP contribution is -2.67. The van der Waals surface area contributed by atoms with Gasteiger partial charge >= 0.3 is 5.97 Å². The van der Waals surface area contributed by atoms with Crippen LogP contribution in [-0.4, -0.2) is 50.1 Å². The summed E-state index contributed by atoms with van der Waals surface area (Å²) < 4.78 is 5.45. The monoisotopic (exact) mass is 468 g/mol. The number of methoxy groups -OCH3 is 1. The first-order chi connectivity index (χ1) is 16.3. The van der Waals surface area contributed by atoms with E-state index in [-0.39, 0.29) is 27.6 Å². The Labute approximate surface area is 205 Å². The third kappa shape index (κ3) is 2.88. The molecule has 9 aliphatic rings. The molecule has 1 saturated heterocycles. The van der Waals surface area contributed by atoms with Gasteiger partial charge in [-0.15, -0.1) is 0 Å². The molecule has 5 nitrogen and oxygen atoms in total. The molecule has 8 bridgehead atoms. The van der Waals surface area contributed by atoms with E-state index < -0.39 is 0 Å². The topological polar surface area (TPSA) is 58.6 Å². The molecule has 1 aliphatic heterocycles. The van der Waals surface area contributed by atoms with E-state index in [0.29, 0.717) is 35.6 Å². The molecule has 1 N–H and O–H groups in total. The first kappa shape index (κ1) is 22.1. The van der Waals surface area contributed by atoms with Crippen molar-refractivity contribution in [2.75, 3.05) is 27.2 Å². The van der Waals surface area contributed by atoms with Crippen LogP contribution in [0.4, 0.5) is 0 Å². The van der Waals surface area contributed by atoms with E-state index in [1.807, 2.05) is 0 Å². The molecule has 188 valence electrons. The molecule has 34 heavy (non-hydrogen) atoms. The van der Waals surface area contributed by atoms with Gasteiger partial charge < -0.3 is 15.0 Å². The summed E-state index contributed by atoms with van der Waals surface area (Å²) in [7, 11) is 3.70. The number of nitrogens with zero attached hydrogens (tertiary/aromatic N) is 1. The summed E-state index contributed by atoms with van der Waals surface area (Å²) in [5, 5.41) is 3.52. The average molecular weight is 469 g/mol. The molecular formula is C29H44N2O3. The van der Waals surface area contributed by atoms with E-state index >= 15 is 0 Å². The van der Waals surface area contributed by atoms with E-state index in [1.165, 1.54) is 44.9 Å². The van der Waals surface area contributed by atoms with Crippen molar-refractivity contribution in [2.24, 2.45) is 45.3 Å². The summed E-state index contributed by atoms with van der Waals surface area (Å²) in [4.78, 5) is 29.7. The molecule has 5 atom stereocenters. The van der Waals surface area contributed by atoms with Gasteiger partial charge in [0, 0.05) is 19.6 Å². The zero-order valence-electron chi connectivity index (χ0n) is 21.4. The smallest absolute Gasteiger partial charge is 0.311 e. The third-order valence-electron chi connectivity index (χ3n) is 12.5. The van der Waals surface area contributed by atoms with Crippen molar-refractivity contribution in [1.29, 1.82) is 0 Å². The zero-order chi connectivity index (χ0) is 23.3. The predicted octanol–water partition coefficient (Wildman–Crippen LogP) is 4.54. The Bertz CT molecular complexity index is 864. The van der Waals surface area contributed by atoms with Crippen LogP contribution in [0.3, 0.4) is 0 Å². The summed E-state index contributed by atoms with van der Waals surface area (Å²) in [5.41, 5.74) is 0.164. The molecule has 8 saturated carbocycles. The molecule has 5 heteroatoms. The number of carbonyl (C=O) groups excluding carboxylic acids is 2. The Morgan fingerprint density at radius 2 is 1.35 bits per heavy atom. The molecule has 5 unspecified atom stereocenters. The molecule has 0 radical (unpaired) electrons. The van der Waals surface area contributed by atoms with Crippen molar-refractivity contribution in [2.45, 2.75) is 95.9 Å². The number of hydrogen-bond donors (Lipinski definition) is 1. The lowest BCUT2D eigenvalue weighted by atomic mass is 9.31. The molecular weight excluding hydrogens is 424 g/mol. The van der Waals surface area contributed by atoms with Crippen LogP contribution in [-0.2, 0) is 14.3 Å². The van der Waals surface area contributed by atoms with Gasteiger partial charge in [-0.05, 0) is 131 Å². The van der Waals surface area contributed by atoms with Gasteiger partial charge in [0.1, 0.15) is 0 Å². The fourth-order valence-corrected chi connectivity index (χ4v) is 12.2. The van der Waals surface area contributed by atoms with Crippen LogP contribution >= 0.6 is 0 Å². The Balaban J connectivity index is 1.24. The van der Waals surface area contributed by atoms with Gasteiger partial charge in [-0.2, -0.15) is 0 Å². The second kappa shape index (κ2) is 7.23. The second-order valence-corrected chi connectivity index (χ2v) is 14.5. The molecule has 1 heterocycles. The Kier molecular flexibility index (Phi) is 4.71. The van der Waals surface area contributed by atoms with E-state index in [2.05, 4.69) is 17.3 Å². The third-order valence-corrected chi connectivity index (χ3v) is 12.5.